The number of halogens is 3. The third-order valence-electron chi connectivity index (χ3n) is 5.81. The van der Waals surface area contributed by atoms with Crippen molar-refractivity contribution in [1.29, 1.82) is 0 Å². The zero-order valence-electron chi connectivity index (χ0n) is 16.8. The lowest BCUT2D eigenvalue weighted by atomic mass is 9.84. The number of hydrogen-bond acceptors (Lipinski definition) is 3. The molecule has 2 amide bonds. The molecule has 0 spiro atoms. The van der Waals surface area contributed by atoms with E-state index in [2.05, 4.69) is 17.6 Å². The lowest BCUT2D eigenvalue weighted by Gasteiger charge is -2.33. The van der Waals surface area contributed by atoms with Crippen LogP contribution in [0.2, 0.25) is 0 Å². The van der Waals surface area contributed by atoms with E-state index < -0.39 is 23.6 Å². The lowest BCUT2D eigenvalue weighted by molar-refractivity contribution is -0.125. The third kappa shape index (κ3) is 5.45. The van der Waals surface area contributed by atoms with Gasteiger partial charge in [0.1, 0.15) is 17.7 Å². The van der Waals surface area contributed by atoms with Gasteiger partial charge in [-0.05, 0) is 50.3 Å². The van der Waals surface area contributed by atoms with Crippen molar-refractivity contribution in [2.24, 2.45) is 5.92 Å². The summed E-state index contributed by atoms with van der Waals surface area (Å²) >= 11 is 0. The number of benzene rings is 1. The van der Waals surface area contributed by atoms with Crippen LogP contribution in [0.5, 0.6) is 0 Å². The molecule has 3 unspecified atom stereocenters. The molecular weight excluding hydrogens is 400 g/mol. The molecule has 1 saturated heterocycles. The molecule has 3 atom stereocenters. The summed E-state index contributed by atoms with van der Waals surface area (Å²) in [4.78, 5) is 27.5. The summed E-state index contributed by atoms with van der Waals surface area (Å²) < 4.78 is 27.5. The predicted octanol–water partition coefficient (Wildman–Crippen LogP) is 3.28. The third-order valence-corrected chi connectivity index (χ3v) is 5.81. The van der Waals surface area contributed by atoms with E-state index in [1.54, 1.807) is 4.90 Å². The number of hydrogen-bond donors (Lipinski definition) is 2. The summed E-state index contributed by atoms with van der Waals surface area (Å²) in [6, 6.07) is 2.32. The maximum atomic E-state index is 14.2. The van der Waals surface area contributed by atoms with Gasteiger partial charge in [-0.25, -0.2) is 8.78 Å². The van der Waals surface area contributed by atoms with Gasteiger partial charge in [0, 0.05) is 25.2 Å². The van der Waals surface area contributed by atoms with Crippen LogP contribution in [0.4, 0.5) is 8.78 Å². The van der Waals surface area contributed by atoms with Crippen LogP contribution in [-0.2, 0) is 4.79 Å². The Morgan fingerprint density at radius 2 is 1.90 bits per heavy atom. The second kappa shape index (κ2) is 10.9. The van der Waals surface area contributed by atoms with Gasteiger partial charge >= 0.3 is 0 Å². The molecule has 0 aromatic heterocycles. The molecule has 0 bridgehead atoms. The summed E-state index contributed by atoms with van der Waals surface area (Å²) in [6.45, 7) is 4.11. The first-order valence-corrected chi connectivity index (χ1v) is 10.3. The molecule has 2 N–H and O–H groups in total. The Labute approximate surface area is 177 Å². The number of rotatable bonds is 7. The fourth-order valence-electron chi connectivity index (χ4n) is 4.48. The topological polar surface area (TPSA) is 61.4 Å². The van der Waals surface area contributed by atoms with Crippen LogP contribution in [0, 0.1) is 17.6 Å². The van der Waals surface area contributed by atoms with Crippen LogP contribution in [0.1, 0.15) is 55.8 Å². The highest BCUT2D eigenvalue weighted by Gasteiger charge is 2.47. The van der Waals surface area contributed by atoms with Crippen molar-refractivity contribution in [3.63, 3.8) is 0 Å². The van der Waals surface area contributed by atoms with Gasteiger partial charge in [0.2, 0.25) is 5.91 Å². The fraction of sp³-hybridized carbons (Fsp3) is 0.619. The SMILES string of the molecule is CCCNCCNC(=O)C1CC2CCCCC2N1C(=O)c1ccc(F)cc1F.Cl. The molecule has 1 aliphatic carbocycles. The summed E-state index contributed by atoms with van der Waals surface area (Å²) in [5.74, 6) is -2.05. The molecule has 1 aromatic rings. The van der Waals surface area contributed by atoms with Gasteiger partial charge in [-0.3, -0.25) is 9.59 Å². The summed E-state index contributed by atoms with van der Waals surface area (Å²) in [5, 5.41) is 6.13. The monoisotopic (exact) mass is 429 g/mol. The molecule has 0 radical (unpaired) electrons. The molecule has 1 saturated carbocycles. The Morgan fingerprint density at radius 3 is 2.62 bits per heavy atom. The van der Waals surface area contributed by atoms with Crippen molar-refractivity contribution < 1.29 is 18.4 Å². The maximum Gasteiger partial charge on any atom is 0.257 e. The smallest absolute Gasteiger partial charge is 0.257 e. The number of amides is 2. The van der Waals surface area contributed by atoms with Crippen LogP contribution < -0.4 is 10.6 Å². The molecule has 2 fully saturated rings. The van der Waals surface area contributed by atoms with Crippen molar-refractivity contribution in [2.45, 2.75) is 57.5 Å². The zero-order chi connectivity index (χ0) is 20.1. The Hall–Kier alpha value is -1.73. The van der Waals surface area contributed by atoms with Crippen molar-refractivity contribution in [2.75, 3.05) is 19.6 Å². The zero-order valence-corrected chi connectivity index (χ0v) is 17.6. The minimum absolute atomic E-state index is 0. The highest BCUT2D eigenvalue weighted by molar-refractivity contribution is 5.98. The van der Waals surface area contributed by atoms with E-state index in [-0.39, 0.29) is 35.8 Å². The first-order valence-electron chi connectivity index (χ1n) is 10.3. The van der Waals surface area contributed by atoms with Gasteiger partial charge < -0.3 is 15.5 Å². The van der Waals surface area contributed by atoms with Crippen LogP contribution >= 0.6 is 12.4 Å². The van der Waals surface area contributed by atoms with Crippen molar-refractivity contribution in [1.82, 2.24) is 15.5 Å². The van der Waals surface area contributed by atoms with Crippen LogP contribution in [0.25, 0.3) is 0 Å². The highest BCUT2D eigenvalue weighted by Crippen LogP contribution is 2.40. The van der Waals surface area contributed by atoms with Gasteiger partial charge in [0.15, 0.2) is 0 Å². The van der Waals surface area contributed by atoms with Crippen molar-refractivity contribution >= 4 is 24.2 Å². The van der Waals surface area contributed by atoms with Crippen LogP contribution in [-0.4, -0.2) is 48.4 Å². The van der Waals surface area contributed by atoms with E-state index in [4.69, 9.17) is 0 Å². The van der Waals surface area contributed by atoms with Gasteiger partial charge in [0.05, 0.1) is 5.56 Å². The minimum Gasteiger partial charge on any atom is -0.353 e. The van der Waals surface area contributed by atoms with E-state index in [0.29, 0.717) is 19.5 Å². The Morgan fingerprint density at radius 1 is 1.14 bits per heavy atom. The number of nitrogens with one attached hydrogen (secondary N) is 2. The first kappa shape index (κ1) is 23.5. The largest absolute Gasteiger partial charge is 0.353 e. The van der Waals surface area contributed by atoms with E-state index in [1.807, 2.05) is 0 Å². The molecule has 162 valence electrons. The summed E-state index contributed by atoms with van der Waals surface area (Å²) in [5.41, 5.74) is -0.171. The van der Waals surface area contributed by atoms with Gasteiger partial charge in [-0.2, -0.15) is 0 Å². The van der Waals surface area contributed by atoms with Crippen molar-refractivity contribution in [3.05, 3.63) is 35.4 Å². The Balaban J connectivity index is 0.00000300. The minimum atomic E-state index is -0.882. The average molecular weight is 430 g/mol. The number of fused-ring (bicyclic) bond motifs is 1. The molecule has 3 rings (SSSR count). The van der Waals surface area contributed by atoms with Crippen LogP contribution in [0.3, 0.4) is 0 Å². The first-order chi connectivity index (χ1) is 13.5. The number of carbonyl (C=O) groups excluding carboxylic acids is 2. The van der Waals surface area contributed by atoms with Crippen molar-refractivity contribution in [3.8, 4) is 0 Å². The Kier molecular flexibility index (Phi) is 8.83. The van der Waals surface area contributed by atoms with E-state index >= 15 is 0 Å². The normalized spacial score (nSPS) is 23.3. The van der Waals surface area contributed by atoms with Gasteiger partial charge in [0.25, 0.3) is 5.91 Å². The van der Waals surface area contributed by atoms with E-state index in [0.717, 1.165) is 50.8 Å². The molecule has 2 aliphatic rings. The number of nitrogens with zero attached hydrogens (tertiary/aromatic N) is 1. The molecule has 1 aliphatic heterocycles. The highest BCUT2D eigenvalue weighted by atomic mass is 35.5. The molecule has 1 heterocycles. The van der Waals surface area contributed by atoms with E-state index in [1.165, 1.54) is 6.07 Å². The molecule has 5 nitrogen and oxygen atoms in total. The number of carbonyl (C=O) groups is 2. The van der Waals surface area contributed by atoms with Crippen LogP contribution in [0.15, 0.2) is 18.2 Å². The number of likely N-dealkylation sites (tertiary alicyclic amines) is 1. The fourth-order valence-corrected chi connectivity index (χ4v) is 4.48. The maximum absolute atomic E-state index is 14.2. The summed E-state index contributed by atoms with van der Waals surface area (Å²) in [6.07, 6.45) is 5.50. The molecule has 8 heteroatoms. The molecule has 1 aromatic carbocycles. The standard InChI is InChI=1S/C21H29F2N3O2.ClH/c1-2-9-24-10-11-25-20(27)19-12-14-5-3-4-6-18(14)26(19)21(28)16-8-7-15(22)13-17(16)23;/h7-8,13-14,18-19,24H,2-6,9-12H2,1H3,(H,25,27);1H. The average Bonchev–Trinajstić information content (AvgIpc) is 3.07. The second-order valence-electron chi connectivity index (χ2n) is 7.74. The molecular formula is C21H30ClF2N3O2. The quantitative estimate of drug-likeness (QED) is 0.654. The Bertz CT molecular complexity index is 719. The predicted molar refractivity (Wildman–Crippen MR) is 110 cm³/mol. The van der Waals surface area contributed by atoms with Gasteiger partial charge in [-0.1, -0.05) is 19.8 Å². The second-order valence-corrected chi connectivity index (χ2v) is 7.74. The van der Waals surface area contributed by atoms with E-state index in [9.17, 15) is 18.4 Å². The summed E-state index contributed by atoms with van der Waals surface area (Å²) in [7, 11) is 0. The lowest BCUT2D eigenvalue weighted by Crippen LogP contribution is -2.50. The molecule has 29 heavy (non-hydrogen) atoms. The van der Waals surface area contributed by atoms with Gasteiger partial charge in [-0.15, -0.1) is 12.4 Å².